The van der Waals surface area contributed by atoms with E-state index in [1.165, 1.54) is 0 Å². The fraction of sp³-hybridized carbons (Fsp3) is 0.412. The van der Waals surface area contributed by atoms with Crippen molar-refractivity contribution < 1.29 is 14.6 Å². The van der Waals surface area contributed by atoms with Crippen molar-refractivity contribution in [3.8, 4) is 0 Å². The third-order valence-electron chi connectivity index (χ3n) is 4.01. The summed E-state index contributed by atoms with van der Waals surface area (Å²) >= 11 is 0. The van der Waals surface area contributed by atoms with E-state index in [1.54, 1.807) is 6.92 Å². The quantitative estimate of drug-likeness (QED) is 0.854. The van der Waals surface area contributed by atoms with Crippen LogP contribution >= 0.6 is 0 Å². The number of carbonyl (C=O) groups is 1. The number of hydrogen-bond donors (Lipinski definition) is 1. The highest BCUT2D eigenvalue weighted by Crippen LogP contribution is 2.17. The third-order valence-corrected chi connectivity index (χ3v) is 4.01. The van der Waals surface area contributed by atoms with Crippen molar-refractivity contribution in [1.29, 1.82) is 0 Å². The fourth-order valence-electron chi connectivity index (χ4n) is 2.78. The molecule has 2 aromatic rings. The molecule has 0 spiro atoms. The molecular weight excluding hydrogens is 294 g/mol. The maximum Gasteiger partial charge on any atom is 0.338 e. The first kappa shape index (κ1) is 15.6. The number of aliphatic hydroxyl groups excluding tert-OH is 1. The normalized spacial score (nSPS) is 16.0. The number of rotatable bonds is 5. The third kappa shape index (κ3) is 3.53. The van der Waals surface area contributed by atoms with Crippen LogP contribution in [0.15, 0.2) is 41.9 Å². The molecule has 3 heterocycles. The van der Waals surface area contributed by atoms with E-state index in [0.29, 0.717) is 25.1 Å². The Kier molecular flexibility index (Phi) is 4.62. The van der Waals surface area contributed by atoms with Gasteiger partial charge in [0.15, 0.2) is 0 Å². The molecule has 1 aliphatic rings. The second-order valence-electron chi connectivity index (χ2n) is 5.62. The zero-order valence-electron chi connectivity index (χ0n) is 13.2. The number of fused-ring (bicyclic) bond motifs is 1. The molecule has 0 radical (unpaired) electrons. The van der Waals surface area contributed by atoms with Gasteiger partial charge in [-0.15, -0.1) is 0 Å². The number of imidazole rings is 1. The number of nitrogens with zero attached hydrogens (tertiary/aromatic N) is 3. The van der Waals surface area contributed by atoms with Gasteiger partial charge in [-0.05, 0) is 19.1 Å². The highest BCUT2D eigenvalue weighted by molar-refractivity contribution is 5.89. The van der Waals surface area contributed by atoms with Crippen LogP contribution < -0.4 is 0 Å². The summed E-state index contributed by atoms with van der Waals surface area (Å²) in [6, 6.07) is 5.92. The number of hydrogen-bond acceptors (Lipinski definition) is 5. The van der Waals surface area contributed by atoms with Crippen molar-refractivity contribution in [2.45, 2.75) is 19.8 Å². The highest BCUT2D eigenvalue weighted by atomic mass is 16.5. The van der Waals surface area contributed by atoms with E-state index in [4.69, 9.17) is 4.74 Å². The van der Waals surface area contributed by atoms with Gasteiger partial charge in [-0.3, -0.25) is 4.90 Å². The average Bonchev–Trinajstić information content (AvgIpc) is 2.97. The molecule has 0 saturated heterocycles. The van der Waals surface area contributed by atoms with Gasteiger partial charge in [0.05, 0.1) is 17.9 Å². The number of ether oxygens (including phenoxy) is 1. The number of esters is 1. The summed E-state index contributed by atoms with van der Waals surface area (Å²) in [7, 11) is 0. The Bertz CT molecular complexity index is 703. The van der Waals surface area contributed by atoms with Crippen LogP contribution in [0.2, 0.25) is 0 Å². The molecule has 6 nitrogen and oxygen atoms in total. The van der Waals surface area contributed by atoms with E-state index in [1.807, 2.05) is 35.0 Å². The fourth-order valence-corrected chi connectivity index (χ4v) is 2.78. The van der Waals surface area contributed by atoms with Gasteiger partial charge in [-0.25, -0.2) is 9.78 Å². The van der Waals surface area contributed by atoms with Gasteiger partial charge in [0, 0.05) is 44.9 Å². The molecule has 0 saturated carbocycles. The maximum absolute atomic E-state index is 11.9. The number of aliphatic hydroxyl groups is 1. The lowest BCUT2D eigenvalue weighted by atomic mass is 10.1. The molecule has 2 aromatic heterocycles. The molecule has 0 bridgehead atoms. The molecule has 23 heavy (non-hydrogen) atoms. The Morgan fingerprint density at radius 1 is 1.43 bits per heavy atom. The summed E-state index contributed by atoms with van der Waals surface area (Å²) in [4.78, 5) is 18.6. The van der Waals surface area contributed by atoms with Crippen LogP contribution in [0.3, 0.4) is 0 Å². The first-order valence-corrected chi connectivity index (χ1v) is 7.90. The highest BCUT2D eigenvalue weighted by Gasteiger charge is 2.24. The molecule has 1 aliphatic heterocycles. The van der Waals surface area contributed by atoms with Crippen LogP contribution in [-0.2, 0) is 16.0 Å². The first-order valence-electron chi connectivity index (χ1n) is 7.90. The predicted octanol–water partition coefficient (Wildman–Crippen LogP) is 1.96. The Hall–Kier alpha value is -2.34. The second kappa shape index (κ2) is 6.83. The van der Waals surface area contributed by atoms with Crippen molar-refractivity contribution in [3.05, 3.63) is 47.6 Å². The Labute approximate surface area is 135 Å². The largest absolute Gasteiger partial charge is 0.512 e. The minimum Gasteiger partial charge on any atom is -0.512 e. The second-order valence-corrected chi connectivity index (χ2v) is 5.62. The molecule has 0 atom stereocenters. The number of aromatic nitrogens is 2. The Balaban J connectivity index is 1.61. The summed E-state index contributed by atoms with van der Waals surface area (Å²) in [6.45, 7) is 4.04. The monoisotopic (exact) mass is 315 g/mol. The van der Waals surface area contributed by atoms with Crippen LogP contribution in [0.4, 0.5) is 0 Å². The number of pyridine rings is 1. The maximum atomic E-state index is 11.9. The summed E-state index contributed by atoms with van der Waals surface area (Å²) in [6.07, 6.45) is 5.29. The van der Waals surface area contributed by atoms with E-state index >= 15 is 0 Å². The van der Waals surface area contributed by atoms with Crippen LogP contribution in [0, 0.1) is 0 Å². The molecular formula is C17H21N3O3. The summed E-state index contributed by atoms with van der Waals surface area (Å²) in [5.74, 6) is -0.255. The molecule has 0 aromatic carbocycles. The smallest absolute Gasteiger partial charge is 0.338 e. The topological polar surface area (TPSA) is 67.1 Å². The zero-order valence-corrected chi connectivity index (χ0v) is 13.2. The van der Waals surface area contributed by atoms with Crippen molar-refractivity contribution in [3.63, 3.8) is 0 Å². The molecule has 0 fully saturated rings. The van der Waals surface area contributed by atoms with Gasteiger partial charge in [0.1, 0.15) is 11.4 Å². The van der Waals surface area contributed by atoms with Gasteiger partial charge in [-0.2, -0.15) is 0 Å². The van der Waals surface area contributed by atoms with Crippen molar-refractivity contribution >= 4 is 11.6 Å². The first-order chi connectivity index (χ1) is 11.2. The van der Waals surface area contributed by atoms with Crippen molar-refractivity contribution in [2.24, 2.45) is 0 Å². The molecule has 122 valence electrons. The summed E-state index contributed by atoms with van der Waals surface area (Å²) in [5, 5.41) is 9.90. The SMILES string of the molecule is CCOC(=O)C1=C(O)CCN(CCc2cn3ccccc3n2)C1. The molecule has 0 aliphatic carbocycles. The molecule has 0 amide bonds. The zero-order chi connectivity index (χ0) is 16.2. The predicted molar refractivity (Wildman–Crippen MR) is 86.2 cm³/mol. The standard InChI is InChI=1S/C17H21N3O3/c1-2-23-17(22)14-12-19(10-7-15(14)21)9-6-13-11-20-8-4-3-5-16(20)18-13/h3-5,8,11,21H,2,6-7,9-10,12H2,1H3. The minimum absolute atomic E-state index is 0.160. The molecule has 6 heteroatoms. The summed E-state index contributed by atoms with van der Waals surface area (Å²) in [5.41, 5.74) is 2.34. The molecule has 0 unspecified atom stereocenters. The van der Waals surface area contributed by atoms with E-state index in [2.05, 4.69) is 9.88 Å². The average molecular weight is 315 g/mol. The van der Waals surface area contributed by atoms with E-state index in [0.717, 1.165) is 30.9 Å². The van der Waals surface area contributed by atoms with Crippen molar-refractivity contribution in [1.82, 2.24) is 14.3 Å². The van der Waals surface area contributed by atoms with Crippen molar-refractivity contribution in [2.75, 3.05) is 26.2 Å². The van der Waals surface area contributed by atoms with E-state index < -0.39 is 5.97 Å². The molecule has 3 rings (SSSR count). The van der Waals surface area contributed by atoms with Gasteiger partial charge in [-0.1, -0.05) is 6.07 Å². The minimum atomic E-state index is -0.414. The van der Waals surface area contributed by atoms with Gasteiger partial charge in [0.25, 0.3) is 0 Å². The lowest BCUT2D eigenvalue weighted by Crippen LogP contribution is -2.36. The van der Waals surface area contributed by atoms with Gasteiger partial charge >= 0.3 is 5.97 Å². The van der Waals surface area contributed by atoms with Crippen LogP contribution in [0.1, 0.15) is 19.0 Å². The lowest BCUT2D eigenvalue weighted by molar-refractivity contribution is -0.139. The molecule has 1 N–H and O–H groups in total. The summed E-state index contributed by atoms with van der Waals surface area (Å²) < 4.78 is 7.00. The van der Waals surface area contributed by atoms with Gasteiger partial charge in [0.2, 0.25) is 0 Å². The van der Waals surface area contributed by atoms with E-state index in [9.17, 15) is 9.90 Å². The van der Waals surface area contributed by atoms with Crippen LogP contribution in [0.5, 0.6) is 0 Å². The van der Waals surface area contributed by atoms with Crippen LogP contribution in [0.25, 0.3) is 5.65 Å². The van der Waals surface area contributed by atoms with E-state index in [-0.39, 0.29) is 5.76 Å². The Morgan fingerprint density at radius 2 is 2.30 bits per heavy atom. The Morgan fingerprint density at radius 3 is 3.09 bits per heavy atom. The lowest BCUT2D eigenvalue weighted by Gasteiger charge is -2.27. The van der Waals surface area contributed by atoms with Gasteiger partial charge < -0.3 is 14.2 Å². The number of carbonyl (C=O) groups excluding carboxylic acids is 1. The van der Waals surface area contributed by atoms with Crippen LogP contribution in [-0.4, -0.2) is 51.6 Å².